The van der Waals surface area contributed by atoms with E-state index in [9.17, 15) is 0 Å². The standard InChI is InChI=1S/C10H18NO/c1-4-8-12-10(5-1)9-11-6-2-3-7-11/h4,10H,1-3,5-9H2. The molecule has 0 aliphatic carbocycles. The monoisotopic (exact) mass is 168 g/mol. The van der Waals surface area contributed by atoms with E-state index in [1.807, 2.05) is 0 Å². The van der Waals surface area contributed by atoms with Crippen LogP contribution in [-0.2, 0) is 4.74 Å². The van der Waals surface area contributed by atoms with Crippen LogP contribution in [0.25, 0.3) is 0 Å². The first-order valence-corrected chi connectivity index (χ1v) is 5.11. The van der Waals surface area contributed by atoms with E-state index in [0.717, 1.165) is 6.61 Å². The third-order valence-corrected chi connectivity index (χ3v) is 2.80. The molecule has 2 heteroatoms. The molecule has 2 nitrogen and oxygen atoms in total. The fourth-order valence-electron chi connectivity index (χ4n) is 2.07. The van der Waals surface area contributed by atoms with Crippen LogP contribution < -0.4 is 0 Å². The molecule has 0 spiro atoms. The maximum absolute atomic E-state index is 5.64. The van der Waals surface area contributed by atoms with Gasteiger partial charge in [-0.05, 0) is 45.2 Å². The van der Waals surface area contributed by atoms with Gasteiger partial charge in [-0.2, -0.15) is 0 Å². The lowest BCUT2D eigenvalue weighted by Crippen LogP contribution is -2.34. The Kier molecular flexibility index (Phi) is 3.01. The first-order valence-electron chi connectivity index (χ1n) is 5.11. The Balaban J connectivity index is 1.69. The molecule has 1 radical (unpaired) electrons. The summed E-state index contributed by atoms with van der Waals surface area (Å²) in [5.41, 5.74) is 0. The first-order chi connectivity index (χ1) is 5.95. The predicted molar refractivity (Wildman–Crippen MR) is 48.9 cm³/mol. The van der Waals surface area contributed by atoms with Crippen LogP contribution in [0.2, 0.25) is 0 Å². The number of nitrogens with zero attached hydrogens (tertiary/aromatic N) is 1. The number of ether oxygens (including phenoxy) is 1. The van der Waals surface area contributed by atoms with Gasteiger partial charge >= 0.3 is 0 Å². The predicted octanol–water partition coefficient (Wildman–Crippen LogP) is 1.47. The molecule has 1 atom stereocenters. The Bertz CT molecular complexity index is 126. The van der Waals surface area contributed by atoms with E-state index in [1.165, 1.54) is 45.3 Å². The summed E-state index contributed by atoms with van der Waals surface area (Å²) in [6.45, 7) is 4.64. The smallest absolute Gasteiger partial charge is 0.0702 e. The zero-order valence-electron chi connectivity index (χ0n) is 7.67. The molecule has 0 amide bonds. The minimum Gasteiger partial charge on any atom is -0.377 e. The van der Waals surface area contributed by atoms with E-state index in [1.54, 1.807) is 0 Å². The molecule has 0 aromatic carbocycles. The van der Waals surface area contributed by atoms with Crippen molar-refractivity contribution in [3.05, 3.63) is 6.42 Å². The molecule has 0 saturated carbocycles. The lowest BCUT2D eigenvalue weighted by molar-refractivity contribution is 0.0187. The molecule has 69 valence electrons. The Morgan fingerprint density at radius 2 is 2.17 bits per heavy atom. The average molecular weight is 168 g/mol. The van der Waals surface area contributed by atoms with Crippen LogP contribution >= 0.6 is 0 Å². The highest BCUT2D eigenvalue weighted by Crippen LogP contribution is 2.15. The van der Waals surface area contributed by atoms with Gasteiger partial charge in [-0.1, -0.05) is 0 Å². The van der Waals surface area contributed by atoms with Gasteiger partial charge in [-0.15, -0.1) is 0 Å². The van der Waals surface area contributed by atoms with Gasteiger partial charge in [0.1, 0.15) is 0 Å². The van der Waals surface area contributed by atoms with Gasteiger partial charge in [-0.3, -0.25) is 0 Å². The minimum atomic E-state index is 0.521. The Hall–Kier alpha value is -0.0800. The Morgan fingerprint density at radius 3 is 2.83 bits per heavy atom. The summed E-state index contributed by atoms with van der Waals surface area (Å²) in [5.74, 6) is 0. The molecule has 2 heterocycles. The number of likely N-dealkylation sites (tertiary alicyclic amines) is 1. The molecular weight excluding hydrogens is 150 g/mol. The van der Waals surface area contributed by atoms with Gasteiger partial charge in [0, 0.05) is 6.54 Å². The molecule has 2 fully saturated rings. The SMILES string of the molecule is [CH]1CCC(CN2CCCC2)OC1. The van der Waals surface area contributed by atoms with E-state index >= 15 is 0 Å². The summed E-state index contributed by atoms with van der Waals surface area (Å²) in [4.78, 5) is 2.54. The molecule has 1 unspecified atom stereocenters. The van der Waals surface area contributed by atoms with Crippen LogP contribution in [0, 0.1) is 6.42 Å². The lowest BCUT2D eigenvalue weighted by Gasteiger charge is -2.26. The number of hydrogen-bond donors (Lipinski definition) is 0. The van der Waals surface area contributed by atoms with Crippen LogP contribution in [0.15, 0.2) is 0 Å². The lowest BCUT2D eigenvalue weighted by atomic mass is 10.1. The summed E-state index contributed by atoms with van der Waals surface area (Å²) in [5, 5.41) is 0. The van der Waals surface area contributed by atoms with E-state index in [4.69, 9.17) is 4.74 Å². The highest BCUT2D eigenvalue weighted by atomic mass is 16.5. The fourth-order valence-corrected chi connectivity index (χ4v) is 2.07. The van der Waals surface area contributed by atoms with E-state index in [-0.39, 0.29) is 0 Å². The van der Waals surface area contributed by atoms with Gasteiger partial charge < -0.3 is 9.64 Å². The molecule has 12 heavy (non-hydrogen) atoms. The zero-order valence-corrected chi connectivity index (χ0v) is 7.67. The van der Waals surface area contributed by atoms with Gasteiger partial charge in [0.05, 0.1) is 12.7 Å². The zero-order chi connectivity index (χ0) is 8.23. The first kappa shape index (κ1) is 8.52. The van der Waals surface area contributed by atoms with E-state index in [0.29, 0.717) is 6.10 Å². The van der Waals surface area contributed by atoms with Crippen molar-refractivity contribution in [1.29, 1.82) is 0 Å². The van der Waals surface area contributed by atoms with Crippen molar-refractivity contribution in [1.82, 2.24) is 4.90 Å². The van der Waals surface area contributed by atoms with Gasteiger partial charge in [0.2, 0.25) is 0 Å². The van der Waals surface area contributed by atoms with Crippen molar-refractivity contribution in [3.63, 3.8) is 0 Å². The quantitative estimate of drug-likeness (QED) is 0.619. The van der Waals surface area contributed by atoms with Crippen LogP contribution in [-0.4, -0.2) is 37.2 Å². The summed E-state index contributed by atoms with van der Waals surface area (Å²) in [6.07, 6.45) is 8.01. The van der Waals surface area contributed by atoms with Crippen molar-refractivity contribution in [2.24, 2.45) is 0 Å². The third kappa shape index (κ3) is 2.20. The molecule has 2 aliphatic rings. The van der Waals surface area contributed by atoms with Gasteiger partial charge in [0.15, 0.2) is 0 Å². The Labute approximate surface area is 74.9 Å². The second kappa shape index (κ2) is 4.24. The molecular formula is C10H18NO. The summed E-state index contributed by atoms with van der Waals surface area (Å²) >= 11 is 0. The minimum absolute atomic E-state index is 0.521. The van der Waals surface area contributed by atoms with Crippen LogP contribution in [0.4, 0.5) is 0 Å². The molecule has 0 bridgehead atoms. The molecule has 0 N–H and O–H groups in total. The maximum Gasteiger partial charge on any atom is 0.0702 e. The van der Waals surface area contributed by atoms with Crippen LogP contribution in [0.3, 0.4) is 0 Å². The van der Waals surface area contributed by atoms with Crippen LogP contribution in [0.5, 0.6) is 0 Å². The van der Waals surface area contributed by atoms with Gasteiger partial charge in [0.25, 0.3) is 0 Å². The summed E-state index contributed by atoms with van der Waals surface area (Å²) in [7, 11) is 0. The number of rotatable bonds is 2. The molecule has 2 aliphatic heterocycles. The van der Waals surface area contributed by atoms with Crippen molar-refractivity contribution >= 4 is 0 Å². The molecule has 0 aromatic heterocycles. The highest BCUT2D eigenvalue weighted by Gasteiger charge is 2.19. The molecule has 2 rings (SSSR count). The highest BCUT2D eigenvalue weighted by molar-refractivity contribution is 4.78. The maximum atomic E-state index is 5.64. The van der Waals surface area contributed by atoms with Crippen molar-refractivity contribution in [2.75, 3.05) is 26.2 Å². The summed E-state index contributed by atoms with van der Waals surface area (Å²) in [6, 6.07) is 0. The van der Waals surface area contributed by atoms with Crippen molar-refractivity contribution in [2.45, 2.75) is 31.8 Å². The second-order valence-electron chi connectivity index (χ2n) is 3.83. The fraction of sp³-hybridized carbons (Fsp3) is 0.900. The molecule has 0 aromatic rings. The number of hydrogen-bond acceptors (Lipinski definition) is 2. The van der Waals surface area contributed by atoms with Gasteiger partial charge in [-0.25, -0.2) is 0 Å². The van der Waals surface area contributed by atoms with Crippen molar-refractivity contribution in [3.8, 4) is 0 Å². The second-order valence-corrected chi connectivity index (χ2v) is 3.83. The van der Waals surface area contributed by atoms with Crippen LogP contribution in [0.1, 0.15) is 25.7 Å². The normalized spacial score (nSPS) is 32.5. The summed E-state index contributed by atoms with van der Waals surface area (Å²) < 4.78 is 5.64. The average Bonchev–Trinajstić information content (AvgIpc) is 2.59. The van der Waals surface area contributed by atoms with E-state index < -0.39 is 0 Å². The molecule has 2 saturated heterocycles. The topological polar surface area (TPSA) is 12.5 Å². The van der Waals surface area contributed by atoms with E-state index in [2.05, 4.69) is 11.3 Å². The third-order valence-electron chi connectivity index (χ3n) is 2.80. The van der Waals surface area contributed by atoms with Crippen molar-refractivity contribution < 1.29 is 4.74 Å². The Morgan fingerprint density at radius 1 is 1.33 bits per heavy atom. The largest absolute Gasteiger partial charge is 0.377 e.